The highest BCUT2D eigenvalue weighted by Gasteiger charge is 2.36. The first-order chi connectivity index (χ1) is 10.5. The van der Waals surface area contributed by atoms with E-state index in [2.05, 4.69) is 6.92 Å². The topological polar surface area (TPSA) is 74.7 Å². The predicted octanol–water partition coefficient (Wildman–Crippen LogP) is 3.40. The van der Waals surface area contributed by atoms with Gasteiger partial charge in [0, 0.05) is 6.54 Å². The lowest BCUT2D eigenvalue weighted by Crippen LogP contribution is -2.48. The molecule has 5 nitrogen and oxygen atoms in total. The second-order valence-electron chi connectivity index (χ2n) is 6.25. The fraction of sp³-hybridized carbons (Fsp3) is 0.938. The number of hydrogen-bond acceptors (Lipinski definition) is 3. The average Bonchev–Trinajstić information content (AvgIpc) is 2.50. The summed E-state index contributed by atoms with van der Waals surface area (Å²) >= 11 is 0. The quantitative estimate of drug-likeness (QED) is 0.588. The van der Waals surface area contributed by atoms with Gasteiger partial charge in [-0.05, 0) is 25.7 Å². The van der Waals surface area contributed by atoms with E-state index in [1.54, 1.807) is 0 Å². The van der Waals surface area contributed by atoms with Gasteiger partial charge < -0.3 is 5.11 Å². The highest BCUT2D eigenvalue weighted by atomic mass is 32.2. The minimum absolute atomic E-state index is 0.0890. The molecule has 130 valence electrons. The first-order valence-electron chi connectivity index (χ1n) is 8.71. The molecule has 1 rings (SSSR count). The van der Waals surface area contributed by atoms with Gasteiger partial charge in [-0.2, -0.15) is 4.31 Å². The number of rotatable bonds is 11. The van der Waals surface area contributed by atoms with Crippen molar-refractivity contribution in [2.24, 2.45) is 0 Å². The largest absolute Gasteiger partial charge is 0.480 e. The molecule has 0 bridgehead atoms. The molecule has 0 spiro atoms. The van der Waals surface area contributed by atoms with E-state index in [0.29, 0.717) is 19.4 Å². The molecule has 1 aliphatic rings. The lowest BCUT2D eigenvalue weighted by atomic mass is 10.1. The summed E-state index contributed by atoms with van der Waals surface area (Å²) in [6.07, 6.45) is 10.8. The lowest BCUT2D eigenvalue weighted by Gasteiger charge is -2.31. The second kappa shape index (κ2) is 10.2. The first-order valence-corrected chi connectivity index (χ1v) is 10.3. The van der Waals surface area contributed by atoms with Crippen molar-refractivity contribution < 1.29 is 18.3 Å². The summed E-state index contributed by atoms with van der Waals surface area (Å²) in [5, 5.41) is 9.18. The number of carboxylic acids is 1. The molecular weight excluding hydrogens is 302 g/mol. The van der Waals surface area contributed by atoms with Gasteiger partial charge in [-0.1, -0.05) is 51.9 Å². The summed E-state index contributed by atoms with van der Waals surface area (Å²) in [5.74, 6) is -0.926. The molecule has 0 radical (unpaired) electrons. The Kier molecular flexibility index (Phi) is 9.02. The van der Waals surface area contributed by atoms with Gasteiger partial charge in [0.25, 0.3) is 0 Å². The molecule has 1 atom stereocenters. The van der Waals surface area contributed by atoms with Crippen LogP contribution in [-0.4, -0.2) is 42.1 Å². The Morgan fingerprint density at radius 3 is 2.23 bits per heavy atom. The zero-order valence-electron chi connectivity index (χ0n) is 13.8. The monoisotopic (exact) mass is 333 g/mol. The predicted molar refractivity (Wildman–Crippen MR) is 88.4 cm³/mol. The van der Waals surface area contributed by atoms with Crippen molar-refractivity contribution in [2.75, 3.05) is 12.3 Å². The third-order valence-corrected chi connectivity index (χ3v) is 6.31. The standard InChI is InChI=1S/C16H31NO4S/c1-2-3-4-5-6-7-8-11-14-22(20,21)17-13-10-9-12-15(17)16(18)19/h15H,2-14H2,1H3,(H,18,19)/t15-/m1/s1. The van der Waals surface area contributed by atoms with Crippen LogP contribution in [0.2, 0.25) is 0 Å². The van der Waals surface area contributed by atoms with Gasteiger partial charge in [0.2, 0.25) is 10.0 Å². The zero-order valence-corrected chi connectivity index (χ0v) is 14.6. The molecule has 1 N–H and O–H groups in total. The minimum atomic E-state index is -3.43. The molecule has 1 heterocycles. The molecule has 0 aliphatic carbocycles. The molecule has 0 amide bonds. The van der Waals surface area contributed by atoms with E-state index in [1.165, 1.54) is 36.4 Å². The molecular formula is C16H31NO4S. The van der Waals surface area contributed by atoms with Gasteiger partial charge in [0.1, 0.15) is 6.04 Å². The second-order valence-corrected chi connectivity index (χ2v) is 8.29. The minimum Gasteiger partial charge on any atom is -0.480 e. The Morgan fingerprint density at radius 1 is 1.05 bits per heavy atom. The highest BCUT2D eigenvalue weighted by Crippen LogP contribution is 2.22. The Hall–Kier alpha value is -0.620. The average molecular weight is 333 g/mol. The van der Waals surface area contributed by atoms with Gasteiger partial charge in [-0.25, -0.2) is 8.42 Å². The normalized spacial score (nSPS) is 20.1. The van der Waals surface area contributed by atoms with Crippen molar-refractivity contribution >= 4 is 16.0 Å². The summed E-state index contributed by atoms with van der Waals surface area (Å²) in [5.41, 5.74) is 0. The third-order valence-electron chi connectivity index (χ3n) is 4.35. The highest BCUT2D eigenvalue weighted by molar-refractivity contribution is 7.89. The van der Waals surface area contributed by atoms with E-state index < -0.39 is 22.0 Å². The summed E-state index contributed by atoms with van der Waals surface area (Å²) in [4.78, 5) is 11.2. The maximum atomic E-state index is 12.3. The molecule has 0 unspecified atom stereocenters. The van der Waals surface area contributed by atoms with Crippen molar-refractivity contribution in [3.05, 3.63) is 0 Å². The van der Waals surface area contributed by atoms with Crippen LogP contribution >= 0.6 is 0 Å². The number of sulfonamides is 1. The molecule has 22 heavy (non-hydrogen) atoms. The van der Waals surface area contributed by atoms with Gasteiger partial charge in [0.15, 0.2) is 0 Å². The molecule has 0 aromatic heterocycles. The van der Waals surface area contributed by atoms with Gasteiger partial charge in [0.05, 0.1) is 5.75 Å². The van der Waals surface area contributed by atoms with Crippen molar-refractivity contribution in [3.63, 3.8) is 0 Å². The van der Waals surface area contributed by atoms with Gasteiger partial charge >= 0.3 is 5.97 Å². The van der Waals surface area contributed by atoms with Crippen molar-refractivity contribution in [2.45, 2.75) is 83.6 Å². The molecule has 0 saturated carbocycles. The van der Waals surface area contributed by atoms with Crippen LogP contribution in [0.5, 0.6) is 0 Å². The van der Waals surface area contributed by atoms with Crippen LogP contribution in [0.1, 0.15) is 77.6 Å². The SMILES string of the molecule is CCCCCCCCCCS(=O)(=O)N1CCCC[C@@H]1C(=O)O. The number of nitrogens with zero attached hydrogens (tertiary/aromatic N) is 1. The van der Waals surface area contributed by atoms with E-state index in [4.69, 9.17) is 0 Å². The fourth-order valence-corrected chi connectivity index (χ4v) is 4.81. The van der Waals surface area contributed by atoms with E-state index in [9.17, 15) is 18.3 Å². The summed E-state index contributed by atoms with van der Waals surface area (Å²) in [7, 11) is -3.43. The molecule has 1 fully saturated rings. The fourth-order valence-electron chi connectivity index (χ4n) is 3.02. The van der Waals surface area contributed by atoms with Crippen LogP contribution < -0.4 is 0 Å². The maximum Gasteiger partial charge on any atom is 0.322 e. The maximum absolute atomic E-state index is 12.3. The Morgan fingerprint density at radius 2 is 1.64 bits per heavy atom. The lowest BCUT2D eigenvalue weighted by molar-refractivity contribution is -0.142. The van der Waals surface area contributed by atoms with E-state index in [0.717, 1.165) is 25.7 Å². The molecule has 1 saturated heterocycles. The molecule has 1 aliphatic heterocycles. The van der Waals surface area contributed by atoms with Gasteiger partial charge in [-0.15, -0.1) is 0 Å². The Bertz CT molecular complexity index is 422. The van der Waals surface area contributed by atoms with Crippen LogP contribution in [0.4, 0.5) is 0 Å². The first kappa shape index (κ1) is 19.4. The smallest absolute Gasteiger partial charge is 0.322 e. The van der Waals surface area contributed by atoms with Crippen LogP contribution in [0.25, 0.3) is 0 Å². The van der Waals surface area contributed by atoms with Crippen LogP contribution in [0.3, 0.4) is 0 Å². The van der Waals surface area contributed by atoms with Crippen molar-refractivity contribution in [1.29, 1.82) is 0 Å². The number of carbonyl (C=O) groups is 1. The summed E-state index contributed by atoms with van der Waals surface area (Å²) in [6.45, 7) is 2.55. The van der Waals surface area contributed by atoms with E-state index >= 15 is 0 Å². The number of carboxylic acid groups (broad SMARTS) is 1. The van der Waals surface area contributed by atoms with Crippen LogP contribution in [0.15, 0.2) is 0 Å². The van der Waals surface area contributed by atoms with Crippen LogP contribution in [0, 0.1) is 0 Å². The summed E-state index contributed by atoms with van der Waals surface area (Å²) in [6, 6.07) is -0.854. The van der Waals surface area contributed by atoms with Crippen molar-refractivity contribution in [3.8, 4) is 0 Å². The number of unbranched alkanes of at least 4 members (excludes halogenated alkanes) is 7. The molecule has 0 aromatic rings. The molecule has 6 heteroatoms. The van der Waals surface area contributed by atoms with Crippen LogP contribution in [-0.2, 0) is 14.8 Å². The van der Waals surface area contributed by atoms with Gasteiger partial charge in [-0.3, -0.25) is 4.79 Å². The van der Waals surface area contributed by atoms with E-state index in [-0.39, 0.29) is 5.75 Å². The zero-order chi connectivity index (χ0) is 16.4. The van der Waals surface area contributed by atoms with Crippen molar-refractivity contribution in [1.82, 2.24) is 4.31 Å². The third kappa shape index (κ3) is 6.65. The number of piperidine rings is 1. The molecule has 0 aromatic carbocycles. The van der Waals surface area contributed by atoms with E-state index in [1.807, 2.05) is 0 Å². The number of hydrogen-bond donors (Lipinski definition) is 1. The Labute approximate surface area is 135 Å². The Balaban J connectivity index is 2.29. The number of aliphatic carboxylic acids is 1. The summed E-state index contributed by atoms with van der Waals surface area (Å²) < 4.78 is 25.9.